The van der Waals surface area contributed by atoms with Crippen LogP contribution < -0.4 is 0 Å². The third-order valence-corrected chi connectivity index (χ3v) is 6.63. The number of carbonyl (C=O) groups is 1. The van der Waals surface area contributed by atoms with Crippen LogP contribution in [0, 0.1) is 11.3 Å². The van der Waals surface area contributed by atoms with Crippen molar-refractivity contribution in [3.8, 4) is 6.07 Å². The predicted octanol–water partition coefficient (Wildman–Crippen LogP) is 5.97. The summed E-state index contributed by atoms with van der Waals surface area (Å²) in [5, 5.41) is 9.62. The summed E-state index contributed by atoms with van der Waals surface area (Å²) in [6.45, 7) is 1.35. The van der Waals surface area contributed by atoms with Crippen LogP contribution in [0.1, 0.15) is 38.5 Å². The highest BCUT2D eigenvalue weighted by Gasteiger charge is 2.39. The first-order chi connectivity index (χ1) is 16.7. The first kappa shape index (κ1) is 24.8. The van der Waals surface area contributed by atoms with Crippen LogP contribution in [0.15, 0.2) is 72.8 Å². The van der Waals surface area contributed by atoms with Crippen molar-refractivity contribution in [2.75, 3.05) is 20.1 Å². The van der Waals surface area contributed by atoms with Crippen molar-refractivity contribution in [2.24, 2.45) is 0 Å². The molecule has 1 unspecified atom stereocenters. The van der Waals surface area contributed by atoms with Crippen LogP contribution in [0.4, 0.5) is 13.2 Å². The molecule has 3 aromatic carbocycles. The number of nitrogens with zero attached hydrogens (tertiary/aromatic N) is 3. The van der Waals surface area contributed by atoms with Crippen LogP contribution in [0.3, 0.4) is 0 Å². The van der Waals surface area contributed by atoms with Gasteiger partial charge in [0.05, 0.1) is 17.2 Å². The number of benzene rings is 3. The molecule has 35 heavy (non-hydrogen) atoms. The summed E-state index contributed by atoms with van der Waals surface area (Å²) in [6, 6.07) is 21.2. The lowest BCUT2D eigenvalue weighted by atomic mass is 9.93. The Morgan fingerprint density at radius 3 is 2.37 bits per heavy atom. The Labute approximate surface area is 207 Å². The molecule has 1 aliphatic heterocycles. The number of likely N-dealkylation sites (N-methyl/N-ethyl adjacent to an activating group) is 1. The minimum absolute atomic E-state index is 0.0320. The van der Waals surface area contributed by atoms with Crippen molar-refractivity contribution in [3.05, 3.63) is 106 Å². The van der Waals surface area contributed by atoms with Crippen molar-refractivity contribution in [1.82, 2.24) is 9.80 Å². The SMILES string of the molecule is CN(Cc1ccc(C(F)(F)F)cc1)C1CN(C(=O)c2ccc(C#N)cc2)C[C@@H]1c1cccc(Cl)c1. The smallest absolute Gasteiger partial charge is 0.336 e. The fourth-order valence-corrected chi connectivity index (χ4v) is 4.74. The second-order valence-corrected chi connectivity index (χ2v) is 9.17. The van der Waals surface area contributed by atoms with E-state index in [4.69, 9.17) is 16.9 Å². The van der Waals surface area contributed by atoms with E-state index >= 15 is 0 Å². The van der Waals surface area contributed by atoms with Crippen LogP contribution in [0.2, 0.25) is 5.02 Å². The van der Waals surface area contributed by atoms with Crippen molar-refractivity contribution in [3.63, 3.8) is 0 Å². The average Bonchev–Trinajstić information content (AvgIpc) is 3.29. The standard InChI is InChI=1S/C27H23ClF3N3O/c1-33(15-19-7-11-22(12-8-19)27(29,30)31)25-17-34(16-24(25)21-3-2-4-23(28)13-21)26(35)20-9-5-18(14-32)6-10-20/h2-13,24-25H,15-17H2,1H3/t24-,25?/m1/s1. The Hall–Kier alpha value is -3.34. The van der Waals surface area contributed by atoms with Gasteiger partial charge in [-0.3, -0.25) is 9.69 Å². The molecule has 0 spiro atoms. The molecule has 8 heteroatoms. The highest BCUT2D eigenvalue weighted by molar-refractivity contribution is 6.30. The Morgan fingerprint density at radius 1 is 1.09 bits per heavy atom. The van der Waals surface area contributed by atoms with Gasteiger partial charge in [0.25, 0.3) is 5.91 Å². The van der Waals surface area contributed by atoms with Gasteiger partial charge in [-0.25, -0.2) is 0 Å². The lowest BCUT2D eigenvalue weighted by Crippen LogP contribution is -2.38. The van der Waals surface area contributed by atoms with Gasteiger partial charge < -0.3 is 4.90 Å². The van der Waals surface area contributed by atoms with Crippen LogP contribution in [0.5, 0.6) is 0 Å². The Kier molecular flexibility index (Phi) is 7.15. The maximum Gasteiger partial charge on any atom is 0.416 e. The van der Waals surface area contributed by atoms with Gasteiger partial charge in [0.1, 0.15) is 0 Å². The second kappa shape index (κ2) is 10.1. The lowest BCUT2D eigenvalue weighted by molar-refractivity contribution is -0.137. The van der Waals surface area contributed by atoms with E-state index in [0.29, 0.717) is 35.8 Å². The molecular formula is C27H23ClF3N3O. The molecule has 4 rings (SSSR count). The summed E-state index contributed by atoms with van der Waals surface area (Å²) in [5.41, 5.74) is 2.05. The van der Waals surface area contributed by atoms with Crippen LogP contribution >= 0.6 is 11.6 Å². The van der Waals surface area contributed by atoms with Gasteiger partial charge in [-0.1, -0.05) is 35.9 Å². The first-order valence-corrected chi connectivity index (χ1v) is 11.4. The fourth-order valence-electron chi connectivity index (χ4n) is 4.54. The first-order valence-electron chi connectivity index (χ1n) is 11.1. The van der Waals surface area contributed by atoms with Crippen LogP contribution in [-0.2, 0) is 12.7 Å². The van der Waals surface area contributed by atoms with Crippen molar-refractivity contribution in [1.29, 1.82) is 5.26 Å². The van der Waals surface area contributed by atoms with E-state index in [0.717, 1.165) is 23.3 Å². The number of nitriles is 1. The Balaban J connectivity index is 1.57. The van der Waals surface area contributed by atoms with Gasteiger partial charge in [-0.05, 0) is 66.7 Å². The monoisotopic (exact) mass is 497 g/mol. The molecule has 0 bridgehead atoms. The molecule has 0 N–H and O–H groups in total. The molecule has 1 amide bonds. The van der Waals surface area contributed by atoms with Crippen molar-refractivity contribution >= 4 is 17.5 Å². The molecule has 0 saturated carbocycles. The molecular weight excluding hydrogens is 475 g/mol. The molecule has 1 fully saturated rings. The highest BCUT2D eigenvalue weighted by Crippen LogP contribution is 2.34. The van der Waals surface area contributed by atoms with Gasteiger partial charge in [0.15, 0.2) is 0 Å². The molecule has 180 valence electrons. The van der Waals surface area contributed by atoms with Crippen LogP contribution in [0.25, 0.3) is 0 Å². The molecule has 4 nitrogen and oxygen atoms in total. The number of amides is 1. The quantitative estimate of drug-likeness (QED) is 0.436. The maximum absolute atomic E-state index is 13.2. The Bertz CT molecular complexity index is 1240. The highest BCUT2D eigenvalue weighted by atomic mass is 35.5. The van der Waals surface area contributed by atoms with Crippen molar-refractivity contribution in [2.45, 2.75) is 24.7 Å². The molecule has 1 aliphatic rings. The zero-order valence-corrected chi connectivity index (χ0v) is 19.7. The van der Waals surface area contributed by atoms with E-state index in [1.807, 2.05) is 31.3 Å². The van der Waals surface area contributed by atoms with E-state index in [-0.39, 0.29) is 17.9 Å². The number of carbonyl (C=O) groups excluding carboxylic acids is 1. The zero-order chi connectivity index (χ0) is 25.2. The molecule has 2 atom stereocenters. The van der Waals surface area contributed by atoms with Gasteiger partial charge in [-0.15, -0.1) is 0 Å². The van der Waals surface area contributed by atoms with Gasteiger partial charge in [-0.2, -0.15) is 18.4 Å². The van der Waals surface area contributed by atoms with E-state index < -0.39 is 11.7 Å². The Morgan fingerprint density at radius 2 is 1.77 bits per heavy atom. The average molecular weight is 498 g/mol. The summed E-state index contributed by atoms with van der Waals surface area (Å²) in [5.74, 6) is -0.164. The van der Waals surface area contributed by atoms with E-state index in [1.165, 1.54) is 12.1 Å². The predicted molar refractivity (Wildman–Crippen MR) is 128 cm³/mol. The summed E-state index contributed by atoms with van der Waals surface area (Å²) >= 11 is 6.24. The molecule has 0 radical (unpaired) electrons. The van der Waals surface area contributed by atoms with Gasteiger partial charge >= 0.3 is 6.18 Å². The summed E-state index contributed by atoms with van der Waals surface area (Å²) in [7, 11) is 1.91. The molecule has 1 saturated heterocycles. The lowest BCUT2D eigenvalue weighted by Gasteiger charge is -2.29. The normalized spacial score (nSPS) is 18.0. The largest absolute Gasteiger partial charge is 0.416 e. The van der Waals surface area contributed by atoms with Crippen LogP contribution in [-0.4, -0.2) is 41.9 Å². The molecule has 0 aliphatic carbocycles. The minimum Gasteiger partial charge on any atom is -0.336 e. The second-order valence-electron chi connectivity index (χ2n) is 8.74. The number of alkyl halides is 3. The summed E-state index contributed by atoms with van der Waals surface area (Å²) in [4.78, 5) is 17.1. The fraction of sp³-hybridized carbons (Fsp3) is 0.259. The number of halogens is 4. The number of hydrogen-bond acceptors (Lipinski definition) is 3. The maximum atomic E-state index is 13.2. The number of rotatable bonds is 5. The zero-order valence-electron chi connectivity index (χ0n) is 19.0. The van der Waals surface area contributed by atoms with Gasteiger partial charge in [0, 0.05) is 42.2 Å². The third kappa shape index (κ3) is 5.67. The van der Waals surface area contributed by atoms with E-state index in [2.05, 4.69) is 4.90 Å². The molecule has 3 aromatic rings. The van der Waals surface area contributed by atoms with Gasteiger partial charge in [0.2, 0.25) is 0 Å². The number of likely N-dealkylation sites (tertiary alicyclic amines) is 1. The van der Waals surface area contributed by atoms with Crippen molar-refractivity contribution < 1.29 is 18.0 Å². The molecule has 0 aromatic heterocycles. The topological polar surface area (TPSA) is 47.3 Å². The third-order valence-electron chi connectivity index (χ3n) is 6.39. The van der Waals surface area contributed by atoms with E-state index in [9.17, 15) is 18.0 Å². The number of hydrogen-bond donors (Lipinski definition) is 0. The summed E-state index contributed by atoms with van der Waals surface area (Å²) < 4.78 is 38.8. The minimum atomic E-state index is -4.38. The molecule has 1 heterocycles. The summed E-state index contributed by atoms with van der Waals surface area (Å²) in [6.07, 6.45) is -4.38. The van der Waals surface area contributed by atoms with E-state index in [1.54, 1.807) is 35.2 Å².